The maximum absolute atomic E-state index is 12.6. The second kappa shape index (κ2) is 7.56. The van der Waals surface area contributed by atoms with Gasteiger partial charge in [-0.2, -0.15) is 11.8 Å². The minimum atomic E-state index is -0.232. The average Bonchev–Trinajstić information content (AvgIpc) is 2.60. The Morgan fingerprint density at radius 3 is 2.68 bits per heavy atom. The van der Waals surface area contributed by atoms with Crippen LogP contribution in [0.25, 0.3) is 11.0 Å². The fraction of sp³-hybridized carbons (Fsp3) is 0.556. The molecule has 1 aliphatic rings. The van der Waals surface area contributed by atoms with Crippen LogP contribution in [0.15, 0.2) is 6.07 Å². The molecule has 2 aromatic rings. The highest BCUT2D eigenvalue weighted by Gasteiger charge is 2.22. The maximum atomic E-state index is 12.6. The zero-order valence-corrected chi connectivity index (χ0v) is 16.1. The van der Waals surface area contributed by atoms with Crippen molar-refractivity contribution < 1.29 is 4.79 Å². The molecule has 6 nitrogen and oxygen atoms in total. The SMILES string of the molecule is CC[C@@H](C)NC(=O)c1nc(N2CCSCC2)c2c(C)cc(C)nc2n1. The van der Waals surface area contributed by atoms with Gasteiger partial charge in [0.05, 0.1) is 5.39 Å². The molecule has 134 valence electrons. The van der Waals surface area contributed by atoms with Crippen LogP contribution in [-0.2, 0) is 0 Å². The number of anilines is 1. The summed E-state index contributed by atoms with van der Waals surface area (Å²) in [5.41, 5.74) is 2.61. The van der Waals surface area contributed by atoms with Gasteiger partial charge in [0.15, 0.2) is 5.65 Å². The maximum Gasteiger partial charge on any atom is 0.289 e. The summed E-state index contributed by atoms with van der Waals surface area (Å²) < 4.78 is 0. The molecular formula is C18H25N5OS. The minimum absolute atomic E-state index is 0.0915. The number of rotatable bonds is 4. The molecular weight excluding hydrogens is 334 g/mol. The van der Waals surface area contributed by atoms with Crippen LogP contribution >= 0.6 is 11.8 Å². The molecule has 0 saturated carbocycles. The largest absolute Gasteiger partial charge is 0.354 e. The van der Waals surface area contributed by atoms with Gasteiger partial charge in [-0.15, -0.1) is 0 Å². The van der Waals surface area contributed by atoms with Gasteiger partial charge in [0.25, 0.3) is 5.91 Å². The van der Waals surface area contributed by atoms with E-state index >= 15 is 0 Å². The third-order valence-corrected chi connectivity index (χ3v) is 5.42. The van der Waals surface area contributed by atoms with Gasteiger partial charge in [-0.1, -0.05) is 6.92 Å². The van der Waals surface area contributed by atoms with Crippen molar-refractivity contribution in [3.63, 3.8) is 0 Å². The Hall–Kier alpha value is -1.89. The first kappa shape index (κ1) is 17.9. The van der Waals surface area contributed by atoms with Crippen LogP contribution in [0.2, 0.25) is 0 Å². The van der Waals surface area contributed by atoms with Gasteiger partial charge in [0, 0.05) is 36.3 Å². The summed E-state index contributed by atoms with van der Waals surface area (Å²) in [6.07, 6.45) is 0.867. The molecule has 3 rings (SSSR count). The molecule has 3 heterocycles. The summed E-state index contributed by atoms with van der Waals surface area (Å²) in [6, 6.07) is 2.14. The van der Waals surface area contributed by atoms with E-state index in [2.05, 4.69) is 32.1 Å². The van der Waals surface area contributed by atoms with Crippen molar-refractivity contribution in [2.45, 2.75) is 40.2 Å². The fourth-order valence-electron chi connectivity index (χ4n) is 2.95. The number of hydrogen-bond donors (Lipinski definition) is 1. The standard InChI is InChI=1S/C18H25N5OS/c1-5-12(3)20-18(24)16-21-15-14(11(2)10-13(4)19-15)17(22-16)23-6-8-25-9-7-23/h10,12H,5-9H2,1-4H3,(H,20,24)/t12-/m1/s1. The lowest BCUT2D eigenvalue weighted by atomic mass is 10.1. The smallest absolute Gasteiger partial charge is 0.289 e. The van der Waals surface area contributed by atoms with E-state index in [0.717, 1.165) is 53.5 Å². The van der Waals surface area contributed by atoms with Crippen molar-refractivity contribution >= 4 is 34.5 Å². The molecule has 0 radical (unpaired) electrons. The molecule has 0 spiro atoms. The van der Waals surface area contributed by atoms with Crippen molar-refractivity contribution in [1.29, 1.82) is 0 Å². The number of aryl methyl sites for hydroxylation is 2. The molecule has 0 bridgehead atoms. The number of hydrogen-bond acceptors (Lipinski definition) is 6. The molecule has 2 aromatic heterocycles. The lowest BCUT2D eigenvalue weighted by molar-refractivity contribution is 0.0929. The van der Waals surface area contributed by atoms with E-state index in [4.69, 9.17) is 0 Å². The second-order valence-corrected chi connectivity index (χ2v) is 7.76. The number of thioether (sulfide) groups is 1. The molecule has 0 aliphatic carbocycles. The van der Waals surface area contributed by atoms with E-state index in [-0.39, 0.29) is 17.8 Å². The first-order valence-electron chi connectivity index (χ1n) is 8.79. The lowest BCUT2D eigenvalue weighted by Gasteiger charge is -2.29. The average molecular weight is 359 g/mol. The first-order chi connectivity index (χ1) is 12.0. The highest BCUT2D eigenvalue weighted by molar-refractivity contribution is 7.99. The molecule has 1 amide bonds. The van der Waals surface area contributed by atoms with Gasteiger partial charge in [-0.25, -0.2) is 15.0 Å². The second-order valence-electron chi connectivity index (χ2n) is 6.53. The highest BCUT2D eigenvalue weighted by atomic mass is 32.2. The van der Waals surface area contributed by atoms with Crippen molar-refractivity contribution in [2.24, 2.45) is 0 Å². The van der Waals surface area contributed by atoms with Crippen molar-refractivity contribution in [2.75, 3.05) is 29.5 Å². The molecule has 1 atom stereocenters. The summed E-state index contributed by atoms with van der Waals surface area (Å²) in [4.78, 5) is 28.5. The number of pyridine rings is 1. The number of carbonyl (C=O) groups excluding carboxylic acids is 1. The van der Waals surface area contributed by atoms with E-state index in [9.17, 15) is 4.79 Å². The first-order valence-corrected chi connectivity index (χ1v) is 9.94. The summed E-state index contributed by atoms with van der Waals surface area (Å²) in [5, 5.41) is 3.91. The van der Waals surface area contributed by atoms with E-state index < -0.39 is 0 Å². The molecule has 1 fully saturated rings. The fourth-order valence-corrected chi connectivity index (χ4v) is 3.85. The number of nitrogens with zero attached hydrogens (tertiary/aromatic N) is 4. The topological polar surface area (TPSA) is 71.0 Å². The number of carbonyl (C=O) groups is 1. The van der Waals surface area contributed by atoms with Gasteiger partial charge in [-0.3, -0.25) is 4.79 Å². The van der Waals surface area contributed by atoms with Crippen molar-refractivity contribution in [1.82, 2.24) is 20.3 Å². The van der Waals surface area contributed by atoms with Crippen LogP contribution in [0.5, 0.6) is 0 Å². The predicted octanol–water partition coefficient (Wildman–Crippen LogP) is 2.72. The molecule has 25 heavy (non-hydrogen) atoms. The molecule has 0 aromatic carbocycles. The number of fused-ring (bicyclic) bond motifs is 1. The van der Waals surface area contributed by atoms with Crippen molar-refractivity contribution in [3.05, 3.63) is 23.1 Å². The van der Waals surface area contributed by atoms with Crippen LogP contribution in [0.1, 0.15) is 42.1 Å². The monoisotopic (exact) mass is 359 g/mol. The molecule has 0 unspecified atom stereocenters. The Bertz CT molecular complexity index is 789. The normalized spacial score (nSPS) is 16.1. The number of nitrogens with one attached hydrogen (secondary N) is 1. The van der Waals surface area contributed by atoms with Gasteiger partial charge >= 0.3 is 0 Å². The van der Waals surface area contributed by atoms with E-state index in [0.29, 0.717) is 5.65 Å². The van der Waals surface area contributed by atoms with Gasteiger partial charge in [0.1, 0.15) is 5.82 Å². The zero-order chi connectivity index (χ0) is 18.0. The van der Waals surface area contributed by atoms with E-state index in [1.54, 1.807) is 0 Å². The van der Waals surface area contributed by atoms with E-state index in [1.807, 2.05) is 38.6 Å². The van der Waals surface area contributed by atoms with Gasteiger partial charge in [-0.05, 0) is 38.8 Å². The van der Waals surface area contributed by atoms with Crippen molar-refractivity contribution in [3.8, 4) is 0 Å². The lowest BCUT2D eigenvalue weighted by Crippen LogP contribution is -2.36. The summed E-state index contributed by atoms with van der Waals surface area (Å²) in [5.74, 6) is 2.95. The van der Waals surface area contributed by atoms with Crippen LogP contribution in [-0.4, -0.2) is 51.5 Å². The Morgan fingerprint density at radius 2 is 2.00 bits per heavy atom. The highest BCUT2D eigenvalue weighted by Crippen LogP contribution is 2.28. The Balaban J connectivity index is 2.11. The quantitative estimate of drug-likeness (QED) is 0.905. The molecule has 1 N–H and O–H groups in total. The van der Waals surface area contributed by atoms with Crippen LogP contribution in [0, 0.1) is 13.8 Å². The predicted molar refractivity (Wildman–Crippen MR) is 104 cm³/mol. The summed E-state index contributed by atoms with van der Waals surface area (Å²) in [6.45, 7) is 9.88. The Kier molecular flexibility index (Phi) is 5.42. The Morgan fingerprint density at radius 1 is 1.28 bits per heavy atom. The zero-order valence-electron chi connectivity index (χ0n) is 15.3. The van der Waals surface area contributed by atoms with Crippen LogP contribution < -0.4 is 10.2 Å². The van der Waals surface area contributed by atoms with Gasteiger partial charge < -0.3 is 10.2 Å². The van der Waals surface area contributed by atoms with Crippen LogP contribution in [0.4, 0.5) is 5.82 Å². The van der Waals surface area contributed by atoms with Gasteiger partial charge in [0.2, 0.25) is 5.82 Å². The number of amides is 1. The Labute approximate surface area is 152 Å². The molecule has 1 saturated heterocycles. The molecule has 1 aliphatic heterocycles. The third-order valence-electron chi connectivity index (χ3n) is 4.48. The third kappa shape index (κ3) is 3.86. The summed E-state index contributed by atoms with van der Waals surface area (Å²) >= 11 is 1.95. The van der Waals surface area contributed by atoms with E-state index in [1.165, 1.54) is 0 Å². The van der Waals surface area contributed by atoms with Crippen LogP contribution in [0.3, 0.4) is 0 Å². The minimum Gasteiger partial charge on any atom is -0.354 e. The summed E-state index contributed by atoms with van der Waals surface area (Å²) in [7, 11) is 0. The molecule has 7 heteroatoms. The number of aromatic nitrogens is 3.